The Bertz CT molecular complexity index is 620. The van der Waals surface area contributed by atoms with Crippen molar-refractivity contribution in [1.82, 2.24) is 0 Å². The van der Waals surface area contributed by atoms with Crippen LogP contribution in [-0.2, 0) is 6.42 Å². The van der Waals surface area contributed by atoms with E-state index < -0.39 is 6.10 Å². The predicted molar refractivity (Wildman–Crippen MR) is 84.7 cm³/mol. The Morgan fingerprint density at radius 1 is 1.05 bits per heavy atom. The van der Waals surface area contributed by atoms with Crippen LogP contribution in [0.4, 0.5) is 0 Å². The molecule has 0 fully saturated rings. The molecule has 1 aliphatic carbocycles. The van der Waals surface area contributed by atoms with E-state index in [0.717, 1.165) is 24.2 Å². The SMILES string of the molecule is CCc1ccccc1OC1CC(C)c2ccccc2C1O. The molecule has 0 radical (unpaired) electrons. The monoisotopic (exact) mass is 282 g/mol. The lowest BCUT2D eigenvalue weighted by Crippen LogP contribution is -2.32. The molecule has 0 aliphatic heterocycles. The van der Waals surface area contributed by atoms with E-state index >= 15 is 0 Å². The zero-order chi connectivity index (χ0) is 14.8. The first-order valence-corrected chi connectivity index (χ1v) is 7.72. The molecule has 0 spiro atoms. The van der Waals surface area contributed by atoms with Crippen LogP contribution in [0.25, 0.3) is 0 Å². The van der Waals surface area contributed by atoms with Crippen LogP contribution in [0.15, 0.2) is 48.5 Å². The maximum Gasteiger partial charge on any atom is 0.129 e. The van der Waals surface area contributed by atoms with Crippen LogP contribution in [0, 0.1) is 0 Å². The Morgan fingerprint density at radius 3 is 2.48 bits per heavy atom. The summed E-state index contributed by atoms with van der Waals surface area (Å²) < 4.78 is 6.17. The van der Waals surface area contributed by atoms with Gasteiger partial charge in [-0.3, -0.25) is 0 Å². The van der Waals surface area contributed by atoms with Crippen LogP contribution in [-0.4, -0.2) is 11.2 Å². The fraction of sp³-hybridized carbons (Fsp3) is 0.368. The molecule has 21 heavy (non-hydrogen) atoms. The number of aryl methyl sites for hydroxylation is 1. The molecular formula is C19H22O2. The number of hydrogen-bond acceptors (Lipinski definition) is 2. The van der Waals surface area contributed by atoms with Gasteiger partial charge in [-0.1, -0.05) is 56.3 Å². The number of ether oxygens (including phenoxy) is 1. The minimum atomic E-state index is -0.553. The third kappa shape index (κ3) is 2.68. The minimum Gasteiger partial charge on any atom is -0.487 e. The van der Waals surface area contributed by atoms with Gasteiger partial charge in [0.15, 0.2) is 0 Å². The molecule has 2 nitrogen and oxygen atoms in total. The molecule has 3 rings (SSSR count). The summed E-state index contributed by atoms with van der Waals surface area (Å²) in [5.74, 6) is 1.30. The zero-order valence-corrected chi connectivity index (χ0v) is 12.6. The van der Waals surface area contributed by atoms with Crippen LogP contribution >= 0.6 is 0 Å². The lowest BCUT2D eigenvalue weighted by atomic mass is 9.80. The van der Waals surface area contributed by atoms with Gasteiger partial charge in [-0.05, 0) is 41.5 Å². The minimum absolute atomic E-state index is 0.178. The molecule has 0 bridgehead atoms. The Morgan fingerprint density at radius 2 is 1.71 bits per heavy atom. The number of fused-ring (bicyclic) bond motifs is 1. The highest BCUT2D eigenvalue weighted by atomic mass is 16.5. The molecule has 3 atom stereocenters. The van der Waals surface area contributed by atoms with Crippen LogP contribution in [0.1, 0.15) is 49.0 Å². The van der Waals surface area contributed by atoms with Crippen molar-refractivity contribution in [3.63, 3.8) is 0 Å². The first-order chi connectivity index (χ1) is 10.2. The van der Waals surface area contributed by atoms with Crippen molar-refractivity contribution >= 4 is 0 Å². The highest BCUT2D eigenvalue weighted by molar-refractivity contribution is 5.37. The number of benzene rings is 2. The first-order valence-electron chi connectivity index (χ1n) is 7.72. The van der Waals surface area contributed by atoms with Crippen molar-refractivity contribution in [1.29, 1.82) is 0 Å². The van der Waals surface area contributed by atoms with Crippen molar-refractivity contribution in [2.45, 2.75) is 44.8 Å². The predicted octanol–water partition coefficient (Wildman–Crippen LogP) is 4.24. The molecule has 0 saturated heterocycles. The van der Waals surface area contributed by atoms with E-state index in [0.29, 0.717) is 5.92 Å². The molecule has 0 aromatic heterocycles. The van der Waals surface area contributed by atoms with E-state index in [-0.39, 0.29) is 6.10 Å². The normalized spacial score (nSPS) is 24.4. The van der Waals surface area contributed by atoms with Gasteiger partial charge in [0.1, 0.15) is 18.0 Å². The molecule has 3 unspecified atom stereocenters. The lowest BCUT2D eigenvalue weighted by molar-refractivity contribution is 0.0175. The second kappa shape index (κ2) is 5.90. The summed E-state index contributed by atoms with van der Waals surface area (Å²) in [6.45, 7) is 4.32. The van der Waals surface area contributed by atoms with Crippen molar-refractivity contribution in [3.8, 4) is 5.75 Å². The Balaban J connectivity index is 1.88. The summed E-state index contributed by atoms with van der Waals surface area (Å²) in [5.41, 5.74) is 3.44. The van der Waals surface area contributed by atoms with Gasteiger partial charge in [-0.25, -0.2) is 0 Å². The zero-order valence-electron chi connectivity index (χ0n) is 12.6. The second-order valence-electron chi connectivity index (χ2n) is 5.83. The summed E-state index contributed by atoms with van der Waals surface area (Å²) in [7, 11) is 0. The molecule has 2 heteroatoms. The van der Waals surface area contributed by atoms with Crippen molar-refractivity contribution in [2.24, 2.45) is 0 Å². The van der Waals surface area contributed by atoms with E-state index in [1.807, 2.05) is 36.4 Å². The van der Waals surface area contributed by atoms with Gasteiger partial charge in [0.2, 0.25) is 0 Å². The molecule has 2 aromatic rings. The van der Waals surface area contributed by atoms with Crippen LogP contribution in [0.3, 0.4) is 0 Å². The first kappa shape index (κ1) is 14.2. The van der Waals surface area contributed by atoms with E-state index in [4.69, 9.17) is 4.74 Å². The number of aliphatic hydroxyl groups excluding tert-OH is 1. The fourth-order valence-corrected chi connectivity index (χ4v) is 3.22. The van der Waals surface area contributed by atoms with Crippen LogP contribution in [0.2, 0.25) is 0 Å². The summed E-state index contributed by atoms with van der Waals surface area (Å²) in [6.07, 6.45) is 1.05. The standard InChI is InChI=1S/C19H22O2/c1-3-14-8-4-7-11-17(14)21-18-12-13(2)15-9-5-6-10-16(15)19(18)20/h4-11,13,18-20H,3,12H2,1-2H3. The number of aliphatic hydroxyl groups is 1. The maximum atomic E-state index is 10.6. The molecular weight excluding hydrogens is 260 g/mol. The maximum absolute atomic E-state index is 10.6. The van der Waals surface area contributed by atoms with Gasteiger partial charge in [0, 0.05) is 0 Å². The summed E-state index contributed by atoms with van der Waals surface area (Å²) in [5, 5.41) is 10.6. The van der Waals surface area contributed by atoms with E-state index in [2.05, 4.69) is 26.0 Å². The van der Waals surface area contributed by atoms with Crippen molar-refractivity contribution < 1.29 is 9.84 Å². The lowest BCUT2D eigenvalue weighted by Gasteiger charge is -2.34. The molecule has 1 aliphatic rings. The number of para-hydroxylation sites is 1. The smallest absolute Gasteiger partial charge is 0.129 e. The van der Waals surface area contributed by atoms with Crippen LogP contribution < -0.4 is 4.74 Å². The highest BCUT2D eigenvalue weighted by Gasteiger charge is 2.33. The van der Waals surface area contributed by atoms with Gasteiger partial charge in [0.05, 0.1) is 0 Å². The molecule has 1 N–H and O–H groups in total. The summed E-state index contributed by atoms with van der Waals surface area (Å²) in [6, 6.07) is 16.2. The highest BCUT2D eigenvalue weighted by Crippen LogP contribution is 2.39. The average Bonchev–Trinajstić information content (AvgIpc) is 2.53. The van der Waals surface area contributed by atoms with Crippen LogP contribution in [0.5, 0.6) is 5.75 Å². The Labute approximate surface area is 126 Å². The van der Waals surface area contributed by atoms with Gasteiger partial charge in [-0.2, -0.15) is 0 Å². The van der Waals surface area contributed by atoms with Gasteiger partial charge < -0.3 is 9.84 Å². The third-order valence-electron chi connectivity index (χ3n) is 4.42. The van der Waals surface area contributed by atoms with Gasteiger partial charge in [-0.15, -0.1) is 0 Å². The number of rotatable bonds is 3. The molecule has 0 heterocycles. The number of hydrogen-bond donors (Lipinski definition) is 1. The van der Waals surface area contributed by atoms with Gasteiger partial charge in [0.25, 0.3) is 0 Å². The summed E-state index contributed by atoms with van der Waals surface area (Å²) in [4.78, 5) is 0. The van der Waals surface area contributed by atoms with E-state index in [9.17, 15) is 5.11 Å². The second-order valence-corrected chi connectivity index (χ2v) is 5.83. The van der Waals surface area contributed by atoms with Crippen molar-refractivity contribution in [2.75, 3.05) is 0 Å². The topological polar surface area (TPSA) is 29.5 Å². The van der Waals surface area contributed by atoms with Crippen molar-refractivity contribution in [3.05, 3.63) is 65.2 Å². The molecule has 0 saturated carbocycles. The molecule has 0 amide bonds. The molecule has 2 aromatic carbocycles. The van der Waals surface area contributed by atoms with Gasteiger partial charge >= 0.3 is 0 Å². The Hall–Kier alpha value is -1.80. The molecule has 110 valence electrons. The third-order valence-corrected chi connectivity index (χ3v) is 4.42. The Kier molecular flexibility index (Phi) is 3.98. The van der Waals surface area contributed by atoms with E-state index in [1.165, 1.54) is 11.1 Å². The van der Waals surface area contributed by atoms with E-state index in [1.54, 1.807) is 0 Å². The quantitative estimate of drug-likeness (QED) is 0.912. The average molecular weight is 282 g/mol. The largest absolute Gasteiger partial charge is 0.487 e. The summed E-state index contributed by atoms with van der Waals surface area (Å²) >= 11 is 0. The fourth-order valence-electron chi connectivity index (χ4n) is 3.22.